The van der Waals surface area contributed by atoms with E-state index in [1.165, 1.54) is 22.2 Å². The lowest BCUT2D eigenvalue weighted by atomic mass is 10.2. The molecule has 2 aromatic carbocycles. The highest BCUT2D eigenvalue weighted by atomic mass is 32.1. The molecule has 3 N–H and O–H groups in total. The summed E-state index contributed by atoms with van der Waals surface area (Å²) in [4.78, 5) is 13.6. The monoisotopic (exact) mass is 486 g/mol. The van der Waals surface area contributed by atoms with Crippen LogP contribution in [0.4, 0.5) is 5.82 Å². The number of benzene rings is 2. The summed E-state index contributed by atoms with van der Waals surface area (Å²) < 4.78 is 11.8. The zero-order valence-corrected chi connectivity index (χ0v) is 18.9. The van der Waals surface area contributed by atoms with Crippen molar-refractivity contribution in [3.05, 3.63) is 88.9 Å². The molecule has 35 heavy (non-hydrogen) atoms. The molecule has 0 aliphatic rings. The second-order valence-electron chi connectivity index (χ2n) is 7.19. The molecule has 0 bridgehead atoms. The number of amides is 1. The van der Waals surface area contributed by atoms with Crippen molar-refractivity contribution in [2.45, 2.75) is 6.61 Å². The van der Waals surface area contributed by atoms with E-state index in [2.05, 4.69) is 35.8 Å². The third-order valence-corrected chi connectivity index (χ3v) is 5.72. The van der Waals surface area contributed by atoms with Crippen LogP contribution in [0.15, 0.2) is 81.8 Å². The number of carbonyl (C=O) groups excluding carboxylic acids is 1. The number of aromatic nitrogens is 5. The highest BCUT2D eigenvalue weighted by molar-refractivity contribution is 7.13. The summed E-state index contributed by atoms with van der Waals surface area (Å²) in [5.74, 6) is 0.342. The Morgan fingerprint density at radius 2 is 1.94 bits per heavy atom. The van der Waals surface area contributed by atoms with Crippen LogP contribution in [0, 0.1) is 0 Å². The average molecular weight is 487 g/mol. The molecular formula is C23H18N8O3S. The molecular weight excluding hydrogens is 468 g/mol. The van der Waals surface area contributed by atoms with Crippen LogP contribution in [-0.4, -0.2) is 37.4 Å². The van der Waals surface area contributed by atoms with Gasteiger partial charge < -0.3 is 10.5 Å². The van der Waals surface area contributed by atoms with Crippen LogP contribution in [-0.2, 0) is 6.61 Å². The first-order chi connectivity index (χ1) is 17.2. The molecule has 1 amide bonds. The van der Waals surface area contributed by atoms with Gasteiger partial charge in [-0.1, -0.05) is 41.6 Å². The van der Waals surface area contributed by atoms with Crippen molar-refractivity contribution in [2.75, 3.05) is 5.73 Å². The molecule has 5 aromatic rings. The average Bonchev–Trinajstić information content (AvgIpc) is 3.64. The molecule has 0 saturated carbocycles. The smallest absolute Gasteiger partial charge is 0.294 e. The summed E-state index contributed by atoms with van der Waals surface area (Å²) in [7, 11) is 0. The van der Waals surface area contributed by atoms with E-state index in [-0.39, 0.29) is 17.3 Å². The van der Waals surface area contributed by atoms with Gasteiger partial charge in [-0.15, -0.1) is 16.4 Å². The van der Waals surface area contributed by atoms with Gasteiger partial charge in [0.1, 0.15) is 18.1 Å². The number of rotatable bonds is 8. The van der Waals surface area contributed by atoms with Gasteiger partial charge in [0.05, 0.1) is 11.1 Å². The van der Waals surface area contributed by atoms with E-state index in [4.69, 9.17) is 10.5 Å². The highest BCUT2D eigenvalue weighted by Crippen LogP contribution is 2.29. The van der Waals surface area contributed by atoms with Gasteiger partial charge in [-0.05, 0) is 57.2 Å². The third-order valence-electron chi connectivity index (χ3n) is 4.84. The molecule has 0 unspecified atom stereocenters. The standard InChI is InChI=1S/C23H18N8O3S/c24-21-22(29-34-28-21)31-20(18-7-4-12-35-18)19(26-30-31)23(32)27-25-13-15-8-10-17(11-9-15)33-14-16-5-2-1-3-6-16/h1-13H,14H2,(H2,24,28)(H,27,32). The van der Waals surface area contributed by atoms with E-state index >= 15 is 0 Å². The Labute approximate surface area is 202 Å². The van der Waals surface area contributed by atoms with Gasteiger partial charge in [-0.25, -0.2) is 10.1 Å². The maximum Gasteiger partial charge on any atom is 0.294 e. The fourth-order valence-electron chi connectivity index (χ4n) is 3.16. The van der Waals surface area contributed by atoms with Crippen LogP contribution in [0.2, 0.25) is 0 Å². The number of ether oxygens (including phenoxy) is 1. The van der Waals surface area contributed by atoms with Crippen molar-refractivity contribution in [3.8, 4) is 22.1 Å². The Balaban J connectivity index is 1.27. The summed E-state index contributed by atoms with van der Waals surface area (Å²) in [5, 5.41) is 21.2. The predicted molar refractivity (Wildman–Crippen MR) is 129 cm³/mol. The quantitative estimate of drug-likeness (QED) is 0.251. The summed E-state index contributed by atoms with van der Waals surface area (Å²) in [6.07, 6.45) is 1.52. The van der Waals surface area contributed by atoms with E-state index in [9.17, 15) is 4.79 Å². The van der Waals surface area contributed by atoms with Crippen LogP contribution in [0.25, 0.3) is 16.4 Å². The van der Waals surface area contributed by atoms with Crippen LogP contribution in [0.1, 0.15) is 21.6 Å². The second kappa shape index (κ2) is 9.97. The van der Waals surface area contributed by atoms with Crippen molar-refractivity contribution in [2.24, 2.45) is 5.10 Å². The van der Waals surface area contributed by atoms with E-state index < -0.39 is 5.91 Å². The second-order valence-corrected chi connectivity index (χ2v) is 8.14. The number of anilines is 1. The molecule has 0 aliphatic carbocycles. The number of thiophene rings is 1. The number of nitrogens with one attached hydrogen (secondary N) is 1. The van der Waals surface area contributed by atoms with E-state index in [0.29, 0.717) is 12.3 Å². The fraction of sp³-hybridized carbons (Fsp3) is 0.0435. The van der Waals surface area contributed by atoms with Gasteiger partial charge in [0.15, 0.2) is 5.69 Å². The first-order valence-corrected chi connectivity index (χ1v) is 11.2. The molecule has 0 saturated heterocycles. The molecule has 3 heterocycles. The molecule has 0 spiro atoms. The summed E-state index contributed by atoms with van der Waals surface area (Å²) >= 11 is 1.40. The molecule has 11 nitrogen and oxygen atoms in total. The minimum Gasteiger partial charge on any atom is -0.489 e. The summed E-state index contributed by atoms with van der Waals surface area (Å²) in [6.45, 7) is 0.480. The molecule has 3 aromatic heterocycles. The lowest BCUT2D eigenvalue weighted by molar-refractivity contribution is 0.0951. The van der Waals surface area contributed by atoms with E-state index in [1.54, 1.807) is 0 Å². The van der Waals surface area contributed by atoms with Crippen molar-refractivity contribution in [3.63, 3.8) is 0 Å². The normalized spacial score (nSPS) is 11.1. The number of hydrazone groups is 1. The molecule has 0 fully saturated rings. The van der Waals surface area contributed by atoms with Crippen LogP contribution in [0.5, 0.6) is 5.75 Å². The Kier molecular flexibility index (Phi) is 6.26. The maximum absolute atomic E-state index is 12.8. The SMILES string of the molecule is Nc1nonc1-n1nnc(C(=O)NN=Cc2ccc(OCc3ccccc3)cc2)c1-c1cccs1. The predicted octanol–water partition coefficient (Wildman–Crippen LogP) is 3.30. The molecule has 0 aliphatic heterocycles. The third kappa shape index (κ3) is 4.91. The van der Waals surface area contributed by atoms with Gasteiger partial charge in [0.25, 0.3) is 5.91 Å². The molecule has 174 valence electrons. The van der Waals surface area contributed by atoms with Gasteiger partial charge in [0.2, 0.25) is 11.6 Å². The molecule has 5 rings (SSSR count). The zero-order valence-electron chi connectivity index (χ0n) is 18.1. The Morgan fingerprint density at radius 3 is 2.66 bits per heavy atom. The minimum absolute atomic E-state index is 0.0221. The number of nitrogens with two attached hydrogens (primary N) is 1. The van der Waals surface area contributed by atoms with Gasteiger partial charge in [0, 0.05) is 0 Å². The van der Waals surface area contributed by atoms with E-state index in [0.717, 1.165) is 21.8 Å². The number of nitrogen functional groups attached to an aromatic ring is 1. The van der Waals surface area contributed by atoms with E-state index in [1.807, 2.05) is 72.1 Å². The topological polar surface area (TPSA) is 146 Å². The van der Waals surface area contributed by atoms with Crippen LogP contribution in [0.3, 0.4) is 0 Å². The van der Waals surface area contributed by atoms with Crippen LogP contribution >= 0.6 is 11.3 Å². The zero-order chi connectivity index (χ0) is 24.0. The first-order valence-electron chi connectivity index (χ1n) is 10.4. The maximum atomic E-state index is 12.8. The Morgan fingerprint density at radius 1 is 1.11 bits per heavy atom. The number of hydrogen-bond donors (Lipinski definition) is 2. The van der Waals surface area contributed by atoms with Gasteiger partial charge in [-0.2, -0.15) is 9.78 Å². The molecule has 0 radical (unpaired) electrons. The lowest BCUT2D eigenvalue weighted by Crippen LogP contribution is -2.19. The first kappa shape index (κ1) is 22.0. The highest BCUT2D eigenvalue weighted by Gasteiger charge is 2.25. The number of nitrogens with zero attached hydrogens (tertiary/aromatic N) is 6. The van der Waals surface area contributed by atoms with Gasteiger partial charge in [-0.3, -0.25) is 4.79 Å². The van der Waals surface area contributed by atoms with Crippen molar-refractivity contribution >= 4 is 29.3 Å². The summed E-state index contributed by atoms with van der Waals surface area (Å²) in [5.41, 5.74) is 10.6. The van der Waals surface area contributed by atoms with Crippen molar-refractivity contribution in [1.29, 1.82) is 0 Å². The van der Waals surface area contributed by atoms with Gasteiger partial charge >= 0.3 is 0 Å². The Bertz CT molecular complexity index is 1440. The molecule has 12 heteroatoms. The van der Waals surface area contributed by atoms with Crippen molar-refractivity contribution < 1.29 is 14.2 Å². The van der Waals surface area contributed by atoms with Crippen LogP contribution < -0.4 is 15.9 Å². The number of hydrogen-bond acceptors (Lipinski definition) is 10. The summed E-state index contributed by atoms with van der Waals surface area (Å²) in [6, 6.07) is 20.9. The molecule has 0 atom stereocenters. The fourth-order valence-corrected chi connectivity index (χ4v) is 3.92. The minimum atomic E-state index is -0.547. The number of carbonyl (C=O) groups is 1. The van der Waals surface area contributed by atoms with Crippen molar-refractivity contribution in [1.82, 2.24) is 30.7 Å². The lowest BCUT2D eigenvalue weighted by Gasteiger charge is -2.06. The Hall–Kier alpha value is -4.84. The largest absolute Gasteiger partial charge is 0.489 e.